The minimum absolute atomic E-state index is 0.0131. The van der Waals surface area contributed by atoms with E-state index in [0.717, 1.165) is 18.6 Å². The minimum Gasteiger partial charge on any atom is -0.368 e. The molecule has 1 fully saturated rings. The predicted octanol–water partition coefficient (Wildman–Crippen LogP) is 3.66. The van der Waals surface area contributed by atoms with Crippen LogP contribution in [-0.4, -0.2) is 46.9 Å². The van der Waals surface area contributed by atoms with Crippen LogP contribution >= 0.6 is 0 Å². The summed E-state index contributed by atoms with van der Waals surface area (Å²) in [5.74, 6) is -0.0904. The Kier molecular flexibility index (Phi) is 4.50. The number of nitrogens with zero attached hydrogens (tertiary/aromatic N) is 3. The number of nitro benzene ring substituents is 1. The fourth-order valence-corrected chi connectivity index (χ4v) is 3.80. The summed E-state index contributed by atoms with van der Waals surface area (Å²) in [5.41, 5.74) is 4.94. The topological polar surface area (TPSA) is 82.5 Å². The lowest BCUT2D eigenvalue weighted by atomic mass is 10.1. The first kappa shape index (κ1) is 18.0. The van der Waals surface area contributed by atoms with Crippen molar-refractivity contribution in [1.29, 1.82) is 0 Å². The summed E-state index contributed by atoms with van der Waals surface area (Å²) in [7, 11) is 0. The van der Waals surface area contributed by atoms with Crippen LogP contribution in [0.1, 0.15) is 21.5 Å². The van der Waals surface area contributed by atoms with E-state index in [-0.39, 0.29) is 11.6 Å². The van der Waals surface area contributed by atoms with Gasteiger partial charge < -0.3 is 14.8 Å². The number of nitro groups is 1. The van der Waals surface area contributed by atoms with Gasteiger partial charge in [0.05, 0.1) is 10.5 Å². The number of rotatable bonds is 3. The summed E-state index contributed by atoms with van der Waals surface area (Å²) in [6.45, 7) is 6.99. The van der Waals surface area contributed by atoms with Crippen LogP contribution in [0.2, 0.25) is 0 Å². The van der Waals surface area contributed by atoms with Gasteiger partial charge >= 0.3 is 0 Å². The van der Waals surface area contributed by atoms with E-state index >= 15 is 0 Å². The molecule has 1 N–H and O–H groups in total. The Balaban J connectivity index is 1.53. The zero-order valence-corrected chi connectivity index (χ0v) is 15.9. The monoisotopic (exact) mass is 378 g/mol. The van der Waals surface area contributed by atoms with Gasteiger partial charge in [-0.1, -0.05) is 12.1 Å². The standard InChI is InChI=1S/C21H22N4O3/c1-14-4-3-5-20(15(14)2)23-8-10-24(11-9-23)21(26)18-13-22-19-7-6-16(25(27)28)12-17(18)19/h3-7,12-13,22H,8-11H2,1-2H3. The number of carbonyl (C=O) groups excluding carboxylic acids is 1. The van der Waals surface area contributed by atoms with Crippen molar-refractivity contribution in [3.8, 4) is 0 Å². The van der Waals surface area contributed by atoms with E-state index in [0.29, 0.717) is 24.0 Å². The molecule has 1 aliphatic rings. The molecule has 1 amide bonds. The number of non-ortho nitro benzene ring substituents is 1. The molecule has 0 aliphatic carbocycles. The molecule has 0 radical (unpaired) electrons. The van der Waals surface area contributed by atoms with E-state index in [2.05, 4.69) is 41.9 Å². The smallest absolute Gasteiger partial charge is 0.270 e. The second-order valence-corrected chi connectivity index (χ2v) is 7.19. The number of nitrogens with one attached hydrogen (secondary N) is 1. The number of benzene rings is 2. The maximum absolute atomic E-state index is 13.0. The number of aryl methyl sites for hydroxylation is 1. The van der Waals surface area contributed by atoms with Gasteiger partial charge in [-0.05, 0) is 37.1 Å². The van der Waals surface area contributed by atoms with E-state index in [4.69, 9.17) is 0 Å². The number of amides is 1. The number of aromatic nitrogens is 1. The first-order valence-electron chi connectivity index (χ1n) is 9.31. The van der Waals surface area contributed by atoms with Crippen molar-refractivity contribution in [2.75, 3.05) is 31.1 Å². The summed E-state index contributed by atoms with van der Waals surface area (Å²) < 4.78 is 0. The summed E-state index contributed by atoms with van der Waals surface area (Å²) in [6.07, 6.45) is 1.65. The van der Waals surface area contributed by atoms with E-state index < -0.39 is 4.92 Å². The molecule has 7 nitrogen and oxygen atoms in total. The molecule has 0 bridgehead atoms. The van der Waals surface area contributed by atoms with Crippen molar-refractivity contribution in [3.63, 3.8) is 0 Å². The Morgan fingerprint density at radius 3 is 2.57 bits per heavy atom. The number of piperazine rings is 1. The van der Waals surface area contributed by atoms with Gasteiger partial charge in [0, 0.05) is 61.1 Å². The number of aromatic amines is 1. The van der Waals surface area contributed by atoms with E-state index in [1.807, 2.05) is 4.90 Å². The molecule has 0 saturated carbocycles. The third kappa shape index (κ3) is 3.09. The fourth-order valence-electron chi connectivity index (χ4n) is 3.80. The molecule has 0 atom stereocenters. The molecule has 2 heterocycles. The molecule has 28 heavy (non-hydrogen) atoms. The Bertz CT molecular complexity index is 1060. The molecule has 1 saturated heterocycles. The number of fused-ring (bicyclic) bond motifs is 1. The van der Waals surface area contributed by atoms with Gasteiger partial charge in [0.25, 0.3) is 11.6 Å². The summed E-state index contributed by atoms with van der Waals surface area (Å²) in [6, 6.07) is 10.8. The SMILES string of the molecule is Cc1cccc(N2CCN(C(=O)c3c[nH]c4ccc([N+](=O)[O-])cc34)CC2)c1C. The van der Waals surface area contributed by atoms with Crippen molar-refractivity contribution in [2.24, 2.45) is 0 Å². The van der Waals surface area contributed by atoms with Gasteiger partial charge in [-0.2, -0.15) is 0 Å². The predicted molar refractivity (Wildman–Crippen MR) is 109 cm³/mol. The van der Waals surface area contributed by atoms with Gasteiger partial charge in [0.2, 0.25) is 0 Å². The molecule has 7 heteroatoms. The number of hydrogen-bond acceptors (Lipinski definition) is 4. The van der Waals surface area contributed by atoms with Crippen LogP contribution < -0.4 is 4.90 Å². The van der Waals surface area contributed by atoms with Crippen molar-refractivity contribution >= 4 is 28.2 Å². The molecule has 1 aliphatic heterocycles. The van der Waals surface area contributed by atoms with Crippen LogP contribution in [0.5, 0.6) is 0 Å². The highest BCUT2D eigenvalue weighted by Crippen LogP contribution is 2.27. The van der Waals surface area contributed by atoms with Crippen LogP contribution in [0.4, 0.5) is 11.4 Å². The molecule has 144 valence electrons. The molecule has 0 spiro atoms. The van der Waals surface area contributed by atoms with Crippen LogP contribution in [-0.2, 0) is 0 Å². The highest BCUT2D eigenvalue weighted by molar-refractivity contribution is 6.07. The van der Waals surface area contributed by atoms with E-state index in [1.165, 1.54) is 28.9 Å². The molecule has 4 rings (SSSR count). The Hall–Kier alpha value is -3.35. The van der Waals surface area contributed by atoms with Gasteiger partial charge in [0.15, 0.2) is 0 Å². The molecule has 2 aromatic carbocycles. The molecule has 0 unspecified atom stereocenters. The lowest BCUT2D eigenvalue weighted by molar-refractivity contribution is -0.384. The number of carbonyl (C=O) groups is 1. The Labute approximate surface area is 162 Å². The first-order valence-corrected chi connectivity index (χ1v) is 9.31. The average Bonchev–Trinajstić information content (AvgIpc) is 3.13. The van der Waals surface area contributed by atoms with Gasteiger partial charge in [-0.25, -0.2) is 0 Å². The third-order valence-electron chi connectivity index (χ3n) is 5.59. The maximum Gasteiger partial charge on any atom is 0.270 e. The second-order valence-electron chi connectivity index (χ2n) is 7.19. The molecular formula is C21H22N4O3. The third-order valence-corrected chi connectivity index (χ3v) is 5.59. The van der Waals surface area contributed by atoms with Crippen molar-refractivity contribution in [3.05, 3.63) is 69.4 Å². The summed E-state index contributed by atoms with van der Waals surface area (Å²) >= 11 is 0. The van der Waals surface area contributed by atoms with Crippen molar-refractivity contribution in [2.45, 2.75) is 13.8 Å². The normalized spacial score (nSPS) is 14.5. The molecule has 1 aromatic heterocycles. The minimum atomic E-state index is -0.441. The van der Waals surface area contributed by atoms with Crippen LogP contribution in [0, 0.1) is 24.0 Å². The van der Waals surface area contributed by atoms with Crippen molar-refractivity contribution < 1.29 is 9.72 Å². The highest BCUT2D eigenvalue weighted by Gasteiger charge is 2.25. The van der Waals surface area contributed by atoms with Gasteiger partial charge in [-0.15, -0.1) is 0 Å². The zero-order chi connectivity index (χ0) is 19.8. The van der Waals surface area contributed by atoms with E-state index in [1.54, 1.807) is 12.3 Å². The van der Waals surface area contributed by atoms with Gasteiger partial charge in [-0.3, -0.25) is 14.9 Å². The lowest BCUT2D eigenvalue weighted by Crippen LogP contribution is -2.49. The molecular weight excluding hydrogens is 356 g/mol. The van der Waals surface area contributed by atoms with Crippen LogP contribution in [0.25, 0.3) is 10.9 Å². The number of H-pyrrole nitrogens is 1. The molecule has 3 aromatic rings. The van der Waals surface area contributed by atoms with E-state index in [9.17, 15) is 14.9 Å². The second kappa shape index (κ2) is 6.99. The fraction of sp³-hybridized carbons (Fsp3) is 0.286. The lowest BCUT2D eigenvalue weighted by Gasteiger charge is -2.37. The number of anilines is 1. The summed E-state index contributed by atoms with van der Waals surface area (Å²) in [4.78, 5) is 30.8. The zero-order valence-electron chi connectivity index (χ0n) is 15.9. The Morgan fingerprint density at radius 2 is 1.86 bits per heavy atom. The maximum atomic E-state index is 13.0. The highest BCUT2D eigenvalue weighted by atomic mass is 16.6. The number of hydrogen-bond donors (Lipinski definition) is 1. The summed E-state index contributed by atoms with van der Waals surface area (Å²) in [5, 5.41) is 11.7. The van der Waals surface area contributed by atoms with Crippen LogP contribution in [0.3, 0.4) is 0 Å². The first-order chi connectivity index (χ1) is 13.5. The largest absolute Gasteiger partial charge is 0.368 e. The van der Waals surface area contributed by atoms with Gasteiger partial charge in [0.1, 0.15) is 0 Å². The Morgan fingerprint density at radius 1 is 1.11 bits per heavy atom. The van der Waals surface area contributed by atoms with Crippen molar-refractivity contribution in [1.82, 2.24) is 9.88 Å². The quantitative estimate of drug-likeness (QED) is 0.557. The average molecular weight is 378 g/mol. The van der Waals surface area contributed by atoms with Crippen LogP contribution in [0.15, 0.2) is 42.6 Å².